The van der Waals surface area contributed by atoms with E-state index in [1.54, 1.807) is 39.0 Å². The summed E-state index contributed by atoms with van der Waals surface area (Å²) >= 11 is 0. The Morgan fingerprint density at radius 3 is 2.52 bits per heavy atom. The third-order valence-electron chi connectivity index (χ3n) is 3.02. The SMILES string of the molecule is C[C@@H](C#N)CN(C)C(=O)c1cc([N+](=O)[O-])ccc1N(C)C. The first kappa shape index (κ1) is 16.4. The van der Waals surface area contributed by atoms with Crippen LogP contribution in [0.4, 0.5) is 11.4 Å². The number of hydrogen-bond acceptors (Lipinski definition) is 5. The van der Waals surface area contributed by atoms with Crippen LogP contribution in [0.15, 0.2) is 18.2 Å². The molecule has 0 aliphatic heterocycles. The van der Waals surface area contributed by atoms with E-state index in [9.17, 15) is 14.9 Å². The Kier molecular flexibility index (Phi) is 5.24. The molecule has 1 amide bonds. The van der Waals surface area contributed by atoms with Crippen molar-refractivity contribution >= 4 is 17.3 Å². The summed E-state index contributed by atoms with van der Waals surface area (Å²) in [5.74, 6) is -0.648. The van der Waals surface area contributed by atoms with Crippen molar-refractivity contribution < 1.29 is 9.72 Å². The normalized spacial score (nSPS) is 11.4. The number of carbonyl (C=O) groups excluding carboxylic acids is 1. The third-order valence-corrected chi connectivity index (χ3v) is 3.02. The van der Waals surface area contributed by atoms with E-state index in [1.165, 1.54) is 17.0 Å². The molecular weight excluding hydrogens is 272 g/mol. The molecule has 0 aliphatic rings. The van der Waals surface area contributed by atoms with Gasteiger partial charge in [-0.15, -0.1) is 0 Å². The van der Waals surface area contributed by atoms with Crippen LogP contribution < -0.4 is 4.90 Å². The van der Waals surface area contributed by atoms with Gasteiger partial charge in [-0.1, -0.05) is 0 Å². The van der Waals surface area contributed by atoms with Gasteiger partial charge in [-0.25, -0.2) is 0 Å². The van der Waals surface area contributed by atoms with Gasteiger partial charge in [-0.3, -0.25) is 14.9 Å². The molecule has 112 valence electrons. The summed E-state index contributed by atoms with van der Waals surface area (Å²) in [6.45, 7) is 1.98. The maximum absolute atomic E-state index is 12.5. The standard InChI is InChI=1S/C14H18N4O3/c1-10(8-15)9-17(4)14(19)12-7-11(18(20)21)5-6-13(12)16(2)3/h5-7,10H,9H2,1-4H3/t10-/m0/s1. The van der Waals surface area contributed by atoms with Crippen molar-refractivity contribution in [3.63, 3.8) is 0 Å². The first-order chi connectivity index (χ1) is 9.77. The predicted octanol–water partition coefficient (Wildman–Crippen LogP) is 1.89. The Hall–Kier alpha value is -2.62. The van der Waals surface area contributed by atoms with Crippen LogP contribution in [0, 0.1) is 27.4 Å². The molecule has 1 aromatic carbocycles. The number of amides is 1. The minimum absolute atomic E-state index is 0.134. The molecule has 7 nitrogen and oxygen atoms in total. The molecule has 0 radical (unpaired) electrons. The number of rotatable bonds is 5. The van der Waals surface area contributed by atoms with Crippen molar-refractivity contribution in [1.29, 1.82) is 5.26 Å². The number of benzene rings is 1. The van der Waals surface area contributed by atoms with E-state index in [0.29, 0.717) is 5.69 Å². The lowest BCUT2D eigenvalue weighted by Gasteiger charge is -2.22. The van der Waals surface area contributed by atoms with Gasteiger partial charge in [0, 0.05) is 45.5 Å². The zero-order chi connectivity index (χ0) is 16.2. The Morgan fingerprint density at radius 1 is 1.43 bits per heavy atom. The predicted molar refractivity (Wildman–Crippen MR) is 79.2 cm³/mol. The molecule has 1 aromatic rings. The van der Waals surface area contributed by atoms with Crippen LogP contribution in [0.3, 0.4) is 0 Å². The van der Waals surface area contributed by atoms with Crippen LogP contribution in [-0.4, -0.2) is 43.4 Å². The molecule has 0 saturated carbocycles. The summed E-state index contributed by atoms with van der Waals surface area (Å²) in [6, 6.07) is 6.24. The van der Waals surface area contributed by atoms with E-state index in [0.717, 1.165) is 0 Å². The Balaban J connectivity index is 3.19. The fourth-order valence-corrected chi connectivity index (χ4v) is 1.94. The van der Waals surface area contributed by atoms with Crippen LogP contribution in [0.1, 0.15) is 17.3 Å². The monoisotopic (exact) mass is 290 g/mol. The maximum Gasteiger partial charge on any atom is 0.270 e. The molecule has 0 fully saturated rings. The van der Waals surface area contributed by atoms with Gasteiger partial charge < -0.3 is 9.80 Å². The Bertz CT molecular complexity index is 592. The summed E-state index contributed by atoms with van der Waals surface area (Å²) in [7, 11) is 5.10. The fraction of sp³-hybridized carbons (Fsp3) is 0.429. The van der Waals surface area contributed by atoms with E-state index in [4.69, 9.17) is 5.26 Å². The Morgan fingerprint density at radius 2 is 2.05 bits per heavy atom. The van der Waals surface area contributed by atoms with Crippen molar-refractivity contribution in [2.75, 3.05) is 32.6 Å². The summed E-state index contributed by atoms with van der Waals surface area (Å²) in [5, 5.41) is 19.7. The minimum atomic E-state index is -0.534. The number of anilines is 1. The summed E-state index contributed by atoms with van der Waals surface area (Å²) in [5.41, 5.74) is 0.717. The lowest BCUT2D eigenvalue weighted by molar-refractivity contribution is -0.384. The first-order valence-corrected chi connectivity index (χ1v) is 6.38. The quantitative estimate of drug-likeness (QED) is 0.610. The maximum atomic E-state index is 12.5. The van der Waals surface area contributed by atoms with E-state index in [-0.39, 0.29) is 29.6 Å². The van der Waals surface area contributed by atoms with Gasteiger partial charge in [0.05, 0.1) is 22.5 Å². The number of nitrogens with zero attached hydrogens (tertiary/aromatic N) is 4. The van der Waals surface area contributed by atoms with Gasteiger partial charge in [0.15, 0.2) is 0 Å². The molecule has 1 rings (SSSR count). The minimum Gasteiger partial charge on any atom is -0.377 e. The molecule has 21 heavy (non-hydrogen) atoms. The topological polar surface area (TPSA) is 90.5 Å². The highest BCUT2D eigenvalue weighted by Crippen LogP contribution is 2.25. The lowest BCUT2D eigenvalue weighted by atomic mass is 10.1. The second-order valence-corrected chi connectivity index (χ2v) is 5.07. The number of nitro benzene ring substituents is 1. The molecule has 0 spiro atoms. The highest BCUT2D eigenvalue weighted by molar-refractivity contribution is 6.00. The zero-order valence-electron chi connectivity index (χ0n) is 12.5. The number of non-ortho nitro benzene ring substituents is 1. The number of carbonyl (C=O) groups is 1. The molecule has 0 unspecified atom stereocenters. The summed E-state index contributed by atoms with van der Waals surface area (Å²) in [6.07, 6.45) is 0. The van der Waals surface area contributed by atoms with Gasteiger partial charge in [-0.2, -0.15) is 5.26 Å². The second-order valence-electron chi connectivity index (χ2n) is 5.07. The number of hydrogen-bond donors (Lipinski definition) is 0. The van der Waals surface area contributed by atoms with Crippen LogP contribution in [-0.2, 0) is 0 Å². The van der Waals surface area contributed by atoms with E-state index in [2.05, 4.69) is 6.07 Å². The molecule has 0 heterocycles. The molecule has 0 N–H and O–H groups in total. The number of nitro groups is 1. The molecular formula is C14H18N4O3. The lowest BCUT2D eigenvalue weighted by Crippen LogP contribution is -2.31. The third kappa shape index (κ3) is 3.92. The van der Waals surface area contributed by atoms with Crippen LogP contribution in [0.2, 0.25) is 0 Å². The smallest absolute Gasteiger partial charge is 0.270 e. The molecule has 7 heteroatoms. The highest BCUT2D eigenvalue weighted by atomic mass is 16.6. The molecule has 0 aliphatic carbocycles. The molecule has 0 aromatic heterocycles. The highest BCUT2D eigenvalue weighted by Gasteiger charge is 2.21. The molecule has 1 atom stereocenters. The number of nitriles is 1. The van der Waals surface area contributed by atoms with Crippen LogP contribution in [0.5, 0.6) is 0 Å². The van der Waals surface area contributed by atoms with Crippen LogP contribution in [0.25, 0.3) is 0 Å². The second kappa shape index (κ2) is 6.70. The van der Waals surface area contributed by atoms with E-state index in [1.807, 2.05) is 0 Å². The van der Waals surface area contributed by atoms with Gasteiger partial charge in [0.2, 0.25) is 0 Å². The van der Waals surface area contributed by atoms with Gasteiger partial charge in [0.25, 0.3) is 11.6 Å². The molecule has 0 bridgehead atoms. The van der Waals surface area contributed by atoms with Crippen LogP contribution >= 0.6 is 0 Å². The van der Waals surface area contributed by atoms with E-state index < -0.39 is 4.92 Å². The average Bonchev–Trinajstić information content (AvgIpc) is 2.45. The first-order valence-electron chi connectivity index (χ1n) is 6.38. The zero-order valence-corrected chi connectivity index (χ0v) is 12.5. The van der Waals surface area contributed by atoms with Crippen molar-refractivity contribution in [2.45, 2.75) is 6.92 Å². The van der Waals surface area contributed by atoms with Crippen molar-refractivity contribution in [3.8, 4) is 6.07 Å². The fourth-order valence-electron chi connectivity index (χ4n) is 1.94. The van der Waals surface area contributed by atoms with Crippen molar-refractivity contribution in [2.24, 2.45) is 5.92 Å². The van der Waals surface area contributed by atoms with Crippen molar-refractivity contribution in [3.05, 3.63) is 33.9 Å². The molecule has 0 saturated heterocycles. The van der Waals surface area contributed by atoms with Gasteiger partial charge in [0.1, 0.15) is 0 Å². The Labute approximate surface area is 123 Å². The van der Waals surface area contributed by atoms with Crippen molar-refractivity contribution in [1.82, 2.24) is 4.90 Å². The van der Waals surface area contributed by atoms with Gasteiger partial charge in [-0.05, 0) is 13.0 Å². The van der Waals surface area contributed by atoms with E-state index >= 15 is 0 Å². The summed E-state index contributed by atoms with van der Waals surface area (Å²) < 4.78 is 0. The summed E-state index contributed by atoms with van der Waals surface area (Å²) in [4.78, 5) is 25.9. The average molecular weight is 290 g/mol. The largest absolute Gasteiger partial charge is 0.377 e. The van der Waals surface area contributed by atoms with Gasteiger partial charge >= 0.3 is 0 Å².